The quantitative estimate of drug-likeness (QED) is 0.771. The first-order chi connectivity index (χ1) is 12.2. The van der Waals surface area contributed by atoms with Gasteiger partial charge in [-0.15, -0.1) is 0 Å². The number of rotatable bonds is 7. The number of para-hydroxylation sites is 1. The monoisotopic (exact) mass is 378 g/mol. The predicted octanol–water partition coefficient (Wildman–Crippen LogP) is 3.71. The Labute approximate surface area is 153 Å². The summed E-state index contributed by atoms with van der Waals surface area (Å²) in [6.07, 6.45) is 0.755. The third-order valence-corrected chi connectivity index (χ3v) is 5.49. The molecule has 0 spiro atoms. The minimum atomic E-state index is -3.79. The molecule has 1 amide bonds. The van der Waals surface area contributed by atoms with E-state index < -0.39 is 27.5 Å². The summed E-state index contributed by atoms with van der Waals surface area (Å²) < 4.78 is 40.0. The zero-order valence-corrected chi connectivity index (χ0v) is 15.9. The molecule has 0 heterocycles. The maximum absolute atomic E-state index is 13.2. The number of amides is 1. The van der Waals surface area contributed by atoms with Gasteiger partial charge in [0.25, 0.3) is 0 Å². The summed E-state index contributed by atoms with van der Waals surface area (Å²) in [4.78, 5) is 12.5. The maximum Gasteiger partial charge on any atom is 0.233 e. The number of halogens is 1. The predicted molar refractivity (Wildman–Crippen MR) is 102 cm³/mol. The van der Waals surface area contributed by atoms with Crippen LogP contribution in [0, 0.1) is 18.7 Å². The summed E-state index contributed by atoms with van der Waals surface area (Å²) >= 11 is 0. The number of nitrogens with one attached hydrogen (secondary N) is 2. The van der Waals surface area contributed by atoms with E-state index in [2.05, 4.69) is 10.0 Å². The van der Waals surface area contributed by atoms with Gasteiger partial charge in [0.05, 0.1) is 17.4 Å². The molecule has 1 atom stereocenters. The lowest BCUT2D eigenvalue weighted by molar-refractivity contribution is -0.118. The number of sulfonamides is 1. The standard InChI is InChI=1S/C19H23FN2O3S/c1-4-15-8-5-7-13(2)18(15)21-19(23)14(3)12-26(24,25)22-17-10-6-9-16(20)11-17/h5-11,14,22H,4,12H2,1-3H3,(H,21,23). The first-order valence-corrected chi connectivity index (χ1v) is 10.0. The lowest BCUT2D eigenvalue weighted by atomic mass is 10.0. The third-order valence-electron chi connectivity index (χ3n) is 4.00. The molecular weight excluding hydrogens is 355 g/mol. The van der Waals surface area contributed by atoms with E-state index in [-0.39, 0.29) is 11.6 Å². The largest absolute Gasteiger partial charge is 0.325 e. The molecule has 0 aliphatic heterocycles. The maximum atomic E-state index is 13.2. The summed E-state index contributed by atoms with van der Waals surface area (Å²) in [6.45, 7) is 5.42. The fourth-order valence-electron chi connectivity index (χ4n) is 2.63. The van der Waals surface area contributed by atoms with Gasteiger partial charge in [-0.3, -0.25) is 9.52 Å². The number of carbonyl (C=O) groups excluding carboxylic acids is 1. The van der Waals surface area contributed by atoms with Crippen LogP contribution in [-0.4, -0.2) is 20.1 Å². The minimum Gasteiger partial charge on any atom is -0.325 e. The second-order valence-electron chi connectivity index (χ2n) is 6.25. The van der Waals surface area contributed by atoms with Crippen molar-refractivity contribution in [2.24, 2.45) is 5.92 Å². The van der Waals surface area contributed by atoms with E-state index in [9.17, 15) is 17.6 Å². The van der Waals surface area contributed by atoms with Crippen molar-refractivity contribution in [3.05, 3.63) is 59.4 Å². The molecule has 26 heavy (non-hydrogen) atoms. The molecular formula is C19H23FN2O3S. The topological polar surface area (TPSA) is 75.3 Å². The van der Waals surface area contributed by atoms with Crippen LogP contribution < -0.4 is 10.0 Å². The van der Waals surface area contributed by atoms with E-state index in [1.54, 1.807) is 6.92 Å². The average molecular weight is 378 g/mol. The minimum absolute atomic E-state index is 0.129. The highest BCUT2D eigenvalue weighted by atomic mass is 32.2. The van der Waals surface area contributed by atoms with Gasteiger partial charge in [-0.1, -0.05) is 38.1 Å². The average Bonchev–Trinajstić information content (AvgIpc) is 2.55. The van der Waals surface area contributed by atoms with E-state index in [0.29, 0.717) is 0 Å². The van der Waals surface area contributed by atoms with Gasteiger partial charge < -0.3 is 5.32 Å². The first-order valence-electron chi connectivity index (χ1n) is 8.37. The number of hydrogen-bond acceptors (Lipinski definition) is 3. The molecule has 0 aromatic heterocycles. The SMILES string of the molecule is CCc1cccc(C)c1NC(=O)C(C)CS(=O)(=O)Nc1cccc(F)c1. The van der Waals surface area contributed by atoms with E-state index >= 15 is 0 Å². The van der Waals surface area contributed by atoms with Crippen molar-refractivity contribution in [3.8, 4) is 0 Å². The molecule has 0 fully saturated rings. The van der Waals surface area contributed by atoms with E-state index in [0.717, 1.165) is 29.3 Å². The summed E-state index contributed by atoms with van der Waals surface area (Å²) in [5.74, 6) is -2.09. The Morgan fingerprint density at radius 2 is 1.88 bits per heavy atom. The van der Waals surface area contributed by atoms with Crippen LogP contribution in [0.3, 0.4) is 0 Å². The third kappa shape index (κ3) is 5.29. The Morgan fingerprint density at radius 3 is 2.54 bits per heavy atom. The Bertz CT molecular complexity index is 897. The Hall–Kier alpha value is -2.41. The first kappa shape index (κ1) is 19.9. The number of hydrogen-bond donors (Lipinski definition) is 2. The van der Waals surface area contributed by atoms with Crippen molar-refractivity contribution in [1.29, 1.82) is 0 Å². The number of carbonyl (C=O) groups is 1. The van der Waals surface area contributed by atoms with Crippen molar-refractivity contribution < 1.29 is 17.6 Å². The van der Waals surface area contributed by atoms with E-state index in [1.165, 1.54) is 18.2 Å². The van der Waals surface area contributed by atoms with Crippen LogP contribution in [0.25, 0.3) is 0 Å². The van der Waals surface area contributed by atoms with Gasteiger partial charge in [-0.2, -0.15) is 0 Å². The van der Waals surface area contributed by atoms with Gasteiger partial charge in [0.15, 0.2) is 0 Å². The van der Waals surface area contributed by atoms with Crippen molar-refractivity contribution >= 4 is 27.3 Å². The molecule has 0 bridgehead atoms. The highest BCUT2D eigenvalue weighted by Crippen LogP contribution is 2.22. The summed E-state index contributed by atoms with van der Waals surface area (Å²) in [6, 6.07) is 10.9. The van der Waals surface area contributed by atoms with E-state index in [1.807, 2.05) is 32.0 Å². The molecule has 2 aromatic rings. The smallest absolute Gasteiger partial charge is 0.233 e. The van der Waals surface area contributed by atoms with Crippen LogP contribution in [0.5, 0.6) is 0 Å². The van der Waals surface area contributed by atoms with Crippen LogP contribution in [-0.2, 0) is 21.2 Å². The highest BCUT2D eigenvalue weighted by molar-refractivity contribution is 7.92. The molecule has 5 nitrogen and oxygen atoms in total. The summed E-state index contributed by atoms with van der Waals surface area (Å²) in [5.41, 5.74) is 2.77. The highest BCUT2D eigenvalue weighted by Gasteiger charge is 2.22. The molecule has 2 N–H and O–H groups in total. The fraction of sp³-hybridized carbons (Fsp3) is 0.316. The lowest BCUT2D eigenvalue weighted by Crippen LogP contribution is -2.30. The molecule has 0 radical (unpaired) electrons. The number of benzene rings is 2. The van der Waals surface area contributed by atoms with Crippen LogP contribution >= 0.6 is 0 Å². The van der Waals surface area contributed by atoms with Gasteiger partial charge in [-0.05, 0) is 42.7 Å². The Kier molecular flexibility index (Phi) is 6.37. The van der Waals surface area contributed by atoms with Gasteiger partial charge in [0, 0.05) is 5.69 Å². The van der Waals surface area contributed by atoms with E-state index in [4.69, 9.17) is 0 Å². The number of aryl methyl sites for hydroxylation is 2. The van der Waals surface area contributed by atoms with Crippen molar-refractivity contribution in [1.82, 2.24) is 0 Å². The summed E-state index contributed by atoms with van der Waals surface area (Å²) in [5, 5.41) is 2.83. The summed E-state index contributed by atoms with van der Waals surface area (Å²) in [7, 11) is -3.79. The normalized spacial score (nSPS) is 12.5. The van der Waals surface area contributed by atoms with Crippen LogP contribution in [0.4, 0.5) is 15.8 Å². The molecule has 0 saturated carbocycles. The van der Waals surface area contributed by atoms with Gasteiger partial charge in [0.2, 0.25) is 15.9 Å². The molecule has 7 heteroatoms. The molecule has 140 valence electrons. The molecule has 0 saturated heterocycles. The molecule has 2 rings (SSSR count). The fourth-order valence-corrected chi connectivity index (χ4v) is 4.01. The van der Waals surface area contributed by atoms with Crippen LogP contribution in [0.1, 0.15) is 25.0 Å². The lowest BCUT2D eigenvalue weighted by Gasteiger charge is -2.17. The zero-order valence-electron chi connectivity index (χ0n) is 15.0. The Morgan fingerprint density at radius 1 is 1.19 bits per heavy atom. The van der Waals surface area contributed by atoms with Crippen LogP contribution in [0.2, 0.25) is 0 Å². The molecule has 0 aliphatic rings. The second-order valence-corrected chi connectivity index (χ2v) is 8.01. The van der Waals surface area contributed by atoms with Crippen molar-refractivity contribution in [2.45, 2.75) is 27.2 Å². The van der Waals surface area contributed by atoms with Crippen LogP contribution in [0.15, 0.2) is 42.5 Å². The van der Waals surface area contributed by atoms with Gasteiger partial charge >= 0.3 is 0 Å². The molecule has 2 aromatic carbocycles. The molecule has 1 unspecified atom stereocenters. The van der Waals surface area contributed by atoms with Gasteiger partial charge in [-0.25, -0.2) is 12.8 Å². The van der Waals surface area contributed by atoms with Crippen molar-refractivity contribution in [3.63, 3.8) is 0 Å². The van der Waals surface area contributed by atoms with Gasteiger partial charge in [0.1, 0.15) is 5.82 Å². The Balaban J connectivity index is 2.07. The van der Waals surface area contributed by atoms with Crippen molar-refractivity contribution in [2.75, 3.05) is 15.8 Å². The zero-order chi connectivity index (χ0) is 19.3. The molecule has 0 aliphatic carbocycles. The second kappa shape index (κ2) is 8.31. The number of anilines is 2.